The van der Waals surface area contributed by atoms with E-state index in [4.69, 9.17) is 5.73 Å². The third-order valence-corrected chi connectivity index (χ3v) is 6.89. The van der Waals surface area contributed by atoms with Crippen LogP contribution in [-0.2, 0) is 14.4 Å². The molecule has 11 heteroatoms. The summed E-state index contributed by atoms with van der Waals surface area (Å²) in [5.74, 6) is -5.32. The molecule has 0 bridgehead atoms. The lowest BCUT2D eigenvalue weighted by molar-refractivity contribution is -0.146. The Bertz CT molecular complexity index is 1260. The van der Waals surface area contributed by atoms with Gasteiger partial charge < -0.3 is 16.4 Å². The monoisotopic (exact) mass is 532 g/mol. The number of nitrogens with two attached hydrogens (primary N) is 1. The standard InChI is InChI=1S/C27H28F4N4O3/c1-14-3-2-4-19-21(14)34-26(38)24(33-22(19)16-7-9-17(28)10-8-16)35-25(37)20(13-15-5-6-15)18(23(32)36)11-12-27(29,30)31/h2-4,7-10,15,18,20,24H,5-6,11-13H2,1H3,(H2,32,36)(H,34,38)(H,35,37)/t18-,20+,24-/m1/s1. The summed E-state index contributed by atoms with van der Waals surface area (Å²) in [5.41, 5.74) is 8.00. The first-order valence-corrected chi connectivity index (χ1v) is 12.3. The molecule has 1 saturated carbocycles. The van der Waals surface area contributed by atoms with Crippen LogP contribution in [0, 0.1) is 30.5 Å². The number of aryl methyl sites for hydroxylation is 1. The highest BCUT2D eigenvalue weighted by Crippen LogP contribution is 2.39. The molecular formula is C27H28F4N4O3. The molecule has 4 rings (SSSR count). The topological polar surface area (TPSA) is 114 Å². The first-order chi connectivity index (χ1) is 17.9. The number of benzene rings is 2. The maximum atomic E-state index is 13.6. The molecule has 1 aliphatic carbocycles. The normalized spacial score (nSPS) is 18.9. The van der Waals surface area contributed by atoms with Crippen molar-refractivity contribution in [2.75, 3.05) is 5.32 Å². The largest absolute Gasteiger partial charge is 0.389 e. The van der Waals surface area contributed by atoms with E-state index in [1.807, 2.05) is 0 Å². The lowest BCUT2D eigenvalue weighted by Gasteiger charge is -2.26. The van der Waals surface area contributed by atoms with Crippen molar-refractivity contribution in [3.63, 3.8) is 0 Å². The zero-order valence-corrected chi connectivity index (χ0v) is 20.6. The molecule has 4 N–H and O–H groups in total. The molecule has 1 heterocycles. The summed E-state index contributed by atoms with van der Waals surface area (Å²) < 4.78 is 52.4. The van der Waals surface area contributed by atoms with E-state index < -0.39 is 60.6 Å². The lowest BCUT2D eigenvalue weighted by atomic mass is 9.83. The number of fused-ring (bicyclic) bond motifs is 1. The van der Waals surface area contributed by atoms with Crippen molar-refractivity contribution in [2.45, 2.75) is 51.4 Å². The Kier molecular flexibility index (Phi) is 7.84. The number of alkyl halides is 3. The molecule has 2 aliphatic rings. The highest BCUT2D eigenvalue weighted by Gasteiger charge is 2.41. The Morgan fingerprint density at radius 1 is 1.13 bits per heavy atom. The third kappa shape index (κ3) is 6.56. The van der Waals surface area contributed by atoms with Gasteiger partial charge in [-0.05, 0) is 55.5 Å². The van der Waals surface area contributed by atoms with Crippen LogP contribution in [-0.4, -0.2) is 35.8 Å². The predicted molar refractivity (Wildman–Crippen MR) is 133 cm³/mol. The fourth-order valence-corrected chi connectivity index (χ4v) is 4.68. The Hall–Kier alpha value is -3.76. The van der Waals surface area contributed by atoms with E-state index in [1.165, 1.54) is 24.3 Å². The van der Waals surface area contributed by atoms with Gasteiger partial charge in [0.25, 0.3) is 5.91 Å². The molecule has 1 aliphatic heterocycles. The number of hydrogen-bond donors (Lipinski definition) is 3. The van der Waals surface area contributed by atoms with Crippen molar-refractivity contribution in [2.24, 2.45) is 28.5 Å². The summed E-state index contributed by atoms with van der Waals surface area (Å²) >= 11 is 0. The molecular weight excluding hydrogens is 504 g/mol. The minimum absolute atomic E-state index is 0.0895. The third-order valence-electron chi connectivity index (χ3n) is 6.89. The van der Waals surface area contributed by atoms with E-state index in [2.05, 4.69) is 15.6 Å². The van der Waals surface area contributed by atoms with E-state index in [9.17, 15) is 31.9 Å². The molecule has 38 heavy (non-hydrogen) atoms. The number of nitrogens with zero attached hydrogens (tertiary/aromatic N) is 1. The highest BCUT2D eigenvalue weighted by molar-refractivity contribution is 6.20. The maximum absolute atomic E-state index is 13.6. The number of carbonyl (C=O) groups is 3. The second-order valence-corrected chi connectivity index (χ2v) is 9.83. The van der Waals surface area contributed by atoms with Crippen LogP contribution >= 0.6 is 0 Å². The van der Waals surface area contributed by atoms with Gasteiger partial charge in [-0.25, -0.2) is 9.38 Å². The number of amides is 3. The Balaban J connectivity index is 1.67. The first-order valence-electron chi connectivity index (χ1n) is 12.3. The lowest BCUT2D eigenvalue weighted by Crippen LogP contribution is -2.48. The van der Waals surface area contributed by atoms with Crippen LogP contribution < -0.4 is 16.4 Å². The molecule has 0 spiro atoms. The van der Waals surface area contributed by atoms with Crippen LogP contribution in [0.5, 0.6) is 0 Å². The number of carbonyl (C=O) groups excluding carboxylic acids is 3. The van der Waals surface area contributed by atoms with Crippen molar-refractivity contribution in [1.82, 2.24) is 5.32 Å². The fraction of sp³-hybridized carbons (Fsp3) is 0.407. The average Bonchev–Trinajstić information content (AvgIpc) is 3.67. The minimum atomic E-state index is -4.52. The van der Waals surface area contributed by atoms with Gasteiger partial charge >= 0.3 is 6.18 Å². The molecule has 0 aromatic heterocycles. The number of para-hydroxylation sites is 1. The molecule has 0 radical (unpaired) electrons. The number of anilines is 1. The zero-order chi connectivity index (χ0) is 27.6. The van der Waals surface area contributed by atoms with Crippen molar-refractivity contribution in [1.29, 1.82) is 0 Å². The summed E-state index contributed by atoms with van der Waals surface area (Å²) in [4.78, 5) is 43.3. The number of benzodiazepines with no additional fused rings is 1. The Morgan fingerprint density at radius 2 is 1.82 bits per heavy atom. The zero-order valence-electron chi connectivity index (χ0n) is 20.6. The molecule has 3 atom stereocenters. The summed E-state index contributed by atoms with van der Waals surface area (Å²) in [6.45, 7) is 1.78. The van der Waals surface area contributed by atoms with Gasteiger partial charge in [0.15, 0.2) is 0 Å². The first kappa shape index (κ1) is 27.3. The summed E-state index contributed by atoms with van der Waals surface area (Å²) in [7, 11) is 0. The second kappa shape index (κ2) is 10.9. The number of primary amides is 1. The Morgan fingerprint density at radius 3 is 2.42 bits per heavy atom. The van der Waals surface area contributed by atoms with Gasteiger partial charge in [-0.1, -0.05) is 31.0 Å². The van der Waals surface area contributed by atoms with Crippen molar-refractivity contribution >= 4 is 29.1 Å². The predicted octanol–water partition coefficient (Wildman–Crippen LogP) is 4.23. The quantitative estimate of drug-likeness (QED) is 0.420. The summed E-state index contributed by atoms with van der Waals surface area (Å²) in [6.07, 6.45) is -6.10. The van der Waals surface area contributed by atoms with E-state index in [1.54, 1.807) is 25.1 Å². The summed E-state index contributed by atoms with van der Waals surface area (Å²) in [5, 5.41) is 5.30. The molecule has 202 valence electrons. The van der Waals surface area contributed by atoms with Gasteiger partial charge in [-0.2, -0.15) is 13.2 Å². The smallest absolute Gasteiger partial charge is 0.369 e. The molecule has 2 aromatic carbocycles. The van der Waals surface area contributed by atoms with Gasteiger partial charge in [0.2, 0.25) is 18.0 Å². The van der Waals surface area contributed by atoms with Gasteiger partial charge in [0.05, 0.1) is 11.4 Å². The van der Waals surface area contributed by atoms with Gasteiger partial charge in [0.1, 0.15) is 5.82 Å². The molecule has 1 fully saturated rings. The molecule has 3 amide bonds. The number of halogens is 4. The van der Waals surface area contributed by atoms with Crippen LogP contribution in [0.1, 0.15) is 48.8 Å². The molecule has 0 saturated heterocycles. The fourth-order valence-electron chi connectivity index (χ4n) is 4.68. The number of aliphatic imine (C=N–C) groups is 1. The molecule has 2 aromatic rings. The van der Waals surface area contributed by atoms with Gasteiger partial charge in [0, 0.05) is 29.4 Å². The van der Waals surface area contributed by atoms with Crippen LogP contribution in [0.3, 0.4) is 0 Å². The second-order valence-electron chi connectivity index (χ2n) is 9.83. The van der Waals surface area contributed by atoms with Crippen molar-refractivity contribution in [3.8, 4) is 0 Å². The van der Waals surface area contributed by atoms with Crippen LogP contribution in [0.15, 0.2) is 47.5 Å². The van der Waals surface area contributed by atoms with Crippen LogP contribution in [0.4, 0.5) is 23.2 Å². The minimum Gasteiger partial charge on any atom is -0.369 e. The van der Waals surface area contributed by atoms with Crippen molar-refractivity contribution < 1.29 is 31.9 Å². The number of nitrogens with one attached hydrogen (secondary N) is 2. The van der Waals surface area contributed by atoms with Crippen LogP contribution in [0.2, 0.25) is 0 Å². The molecule has 0 unspecified atom stereocenters. The van der Waals surface area contributed by atoms with E-state index in [0.29, 0.717) is 22.5 Å². The maximum Gasteiger partial charge on any atom is 0.389 e. The molecule has 7 nitrogen and oxygen atoms in total. The van der Waals surface area contributed by atoms with Crippen molar-refractivity contribution in [3.05, 3.63) is 65.0 Å². The van der Waals surface area contributed by atoms with Crippen LogP contribution in [0.25, 0.3) is 0 Å². The number of rotatable bonds is 9. The highest BCUT2D eigenvalue weighted by atomic mass is 19.4. The summed E-state index contributed by atoms with van der Waals surface area (Å²) in [6, 6.07) is 10.7. The number of hydrogen-bond acceptors (Lipinski definition) is 4. The van der Waals surface area contributed by atoms with E-state index in [-0.39, 0.29) is 12.3 Å². The van der Waals surface area contributed by atoms with Gasteiger partial charge in [-0.3, -0.25) is 14.4 Å². The van der Waals surface area contributed by atoms with E-state index in [0.717, 1.165) is 18.4 Å². The van der Waals surface area contributed by atoms with E-state index >= 15 is 0 Å². The Labute approximate surface area is 216 Å². The van der Waals surface area contributed by atoms with Gasteiger partial charge in [-0.15, -0.1) is 0 Å². The SMILES string of the molecule is Cc1cccc2c1NC(=O)[C@@H](NC(=O)[C@@H](CC1CC1)[C@@H](CCC(F)(F)F)C(N)=O)N=C2c1ccc(F)cc1. The average molecular weight is 533 g/mol.